The molecule has 0 radical (unpaired) electrons. The molecule has 1 amide bonds. The zero-order valence-electron chi connectivity index (χ0n) is 18.6. The number of nitrogens with zero attached hydrogens (tertiary/aromatic N) is 2. The summed E-state index contributed by atoms with van der Waals surface area (Å²) in [5, 5.41) is 2.92. The molecule has 2 saturated heterocycles. The van der Waals surface area contributed by atoms with Crippen molar-refractivity contribution in [1.29, 1.82) is 0 Å². The summed E-state index contributed by atoms with van der Waals surface area (Å²) in [5.41, 5.74) is 1.46. The van der Waals surface area contributed by atoms with Crippen LogP contribution >= 0.6 is 0 Å². The molecular formula is C21H33N3O6S. The molecule has 0 spiro atoms. The van der Waals surface area contributed by atoms with E-state index < -0.39 is 9.84 Å². The maximum absolute atomic E-state index is 12.7. The van der Waals surface area contributed by atoms with Gasteiger partial charge >= 0.3 is 0 Å². The summed E-state index contributed by atoms with van der Waals surface area (Å²) < 4.78 is 40.6. The Morgan fingerprint density at radius 3 is 2.48 bits per heavy atom. The number of likely N-dealkylation sites (N-methyl/N-ethyl adjacent to an activating group) is 1. The second kappa shape index (κ2) is 10.5. The standard InChI is InChI=1S/C21H33N3O6S/c1-4-29-19-13-18(24-7-9-28-10-8-24)20(30-5-2)12-17(19)22-21(25)14-23(3)16-6-11-31(26,27)15-16/h12-13,16H,4-11,14-15H2,1-3H3,(H,22,25)/t16-/m1/s1. The van der Waals surface area contributed by atoms with Crippen molar-refractivity contribution in [2.24, 2.45) is 0 Å². The van der Waals surface area contributed by atoms with Crippen LogP contribution in [0.4, 0.5) is 11.4 Å². The SMILES string of the molecule is CCOc1cc(N2CCOCC2)c(OCC)cc1NC(=O)CN(C)[C@@H]1CCS(=O)(=O)C1. The van der Waals surface area contributed by atoms with Gasteiger partial charge in [-0.3, -0.25) is 9.69 Å². The lowest BCUT2D eigenvalue weighted by atomic mass is 10.2. The van der Waals surface area contributed by atoms with E-state index >= 15 is 0 Å². The van der Waals surface area contributed by atoms with Crippen LogP contribution in [-0.2, 0) is 19.4 Å². The van der Waals surface area contributed by atoms with Crippen LogP contribution in [0.2, 0.25) is 0 Å². The molecule has 1 aromatic carbocycles. The Hall–Kier alpha value is -2.04. The summed E-state index contributed by atoms with van der Waals surface area (Å²) in [4.78, 5) is 16.7. The molecule has 0 unspecified atom stereocenters. The Morgan fingerprint density at radius 2 is 1.87 bits per heavy atom. The number of anilines is 2. The fourth-order valence-corrected chi connectivity index (χ4v) is 5.72. The molecule has 0 aromatic heterocycles. The second-order valence-corrected chi connectivity index (χ2v) is 10.0. The number of ether oxygens (including phenoxy) is 3. The normalized spacial score (nSPS) is 20.6. The number of carbonyl (C=O) groups is 1. The van der Waals surface area contributed by atoms with Gasteiger partial charge in [-0.15, -0.1) is 0 Å². The zero-order chi connectivity index (χ0) is 22.4. The van der Waals surface area contributed by atoms with Crippen molar-refractivity contribution in [3.05, 3.63) is 12.1 Å². The molecule has 1 atom stereocenters. The molecule has 10 heteroatoms. The molecule has 9 nitrogen and oxygen atoms in total. The summed E-state index contributed by atoms with van der Waals surface area (Å²) in [7, 11) is -1.22. The minimum Gasteiger partial charge on any atom is -0.492 e. The first-order valence-corrected chi connectivity index (χ1v) is 12.6. The highest BCUT2D eigenvalue weighted by molar-refractivity contribution is 7.91. The largest absolute Gasteiger partial charge is 0.492 e. The van der Waals surface area contributed by atoms with E-state index in [0.29, 0.717) is 50.0 Å². The third kappa shape index (κ3) is 6.24. The van der Waals surface area contributed by atoms with Crippen LogP contribution in [0.3, 0.4) is 0 Å². The molecule has 2 heterocycles. The van der Waals surface area contributed by atoms with Crippen molar-refractivity contribution in [2.45, 2.75) is 26.3 Å². The monoisotopic (exact) mass is 455 g/mol. The van der Waals surface area contributed by atoms with Crippen LogP contribution in [-0.4, -0.2) is 89.9 Å². The quantitative estimate of drug-likeness (QED) is 0.597. The highest BCUT2D eigenvalue weighted by Gasteiger charge is 2.31. The number of carbonyl (C=O) groups excluding carboxylic acids is 1. The van der Waals surface area contributed by atoms with E-state index in [-0.39, 0.29) is 30.0 Å². The molecule has 174 valence electrons. The lowest BCUT2D eigenvalue weighted by Gasteiger charge is -2.31. The summed E-state index contributed by atoms with van der Waals surface area (Å²) in [6, 6.07) is 3.57. The topological polar surface area (TPSA) is 97.4 Å². The highest BCUT2D eigenvalue weighted by atomic mass is 32.2. The number of rotatable bonds is 9. The maximum atomic E-state index is 12.7. The number of amides is 1. The van der Waals surface area contributed by atoms with Crippen molar-refractivity contribution in [3.63, 3.8) is 0 Å². The molecule has 2 fully saturated rings. The van der Waals surface area contributed by atoms with Gasteiger partial charge in [-0.25, -0.2) is 8.42 Å². The minimum absolute atomic E-state index is 0.0981. The molecule has 31 heavy (non-hydrogen) atoms. The molecule has 2 aliphatic rings. The molecule has 0 aliphatic carbocycles. The summed E-state index contributed by atoms with van der Waals surface area (Å²) >= 11 is 0. The minimum atomic E-state index is -3.00. The van der Waals surface area contributed by atoms with E-state index in [1.165, 1.54) is 0 Å². The molecule has 0 saturated carbocycles. The Kier molecular flexibility index (Phi) is 8.01. The van der Waals surface area contributed by atoms with Crippen molar-refractivity contribution < 1.29 is 27.4 Å². The summed E-state index contributed by atoms with van der Waals surface area (Å²) in [5.74, 6) is 1.31. The number of morpholine rings is 1. The van der Waals surface area contributed by atoms with Gasteiger partial charge in [0.25, 0.3) is 0 Å². The van der Waals surface area contributed by atoms with E-state index in [1.54, 1.807) is 18.0 Å². The van der Waals surface area contributed by atoms with Crippen molar-refractivity contribution >= 4 is 27.1 Å². The van der Waals surface area contributed by atoms with E-state index in [4.69, 9.17) is 14.2 Å². The van der Waals surface area contributed by atoms with Crippen molar-refractivity contribution in [2.75, 3.05) is 74.8 Å². The number of hydrogen-bond acceptors (Lipinski definition) is 8. The van der Waals surface area contributed by atoms with Gasteiger partial charge in [0, 0.05) is 31.3 Å². The Labute approximate surface area is 184 Å². The van der Waals surface area contributed by atoms with Crippen LogP contribution in [0, 0.1) is 0 Å². The molecule has 0 bridgehead atoms. The highest BCUT2D eigenvalue weighted by Crippen LogP contribution is 2.39. The van der Waals surface area contributed by atoms with Gasteiger partial charge in [-0.2, -0.15) is 0 Å². The van der Waals surface area contributed by atoms with Gasteiger partial charge in [0.15, 0.2) is 9.84 Å². The fourth-order valence-electron chi connectivity index (χ4n) is 3.91. The predicted molar refractivity (Wildman–Crippen MR) is 120 cm³/mol. The summed E-state index contributed by atoms with van der Waals surface area (Å²) in [6.45, 7) is 7.68. The van der Waals surface area contributed by atoms with Gasteiger partial charge in [0.2, 0.25) is 5.91 Å². The molecule has 2 aliphatic heterocycles. The maximum Gasteiger partial charge on any atom is 0.238 e. The smallest absolute Gasteiger partial charge is 0.238 e. The van der Waals surface area contributed by atoms with E-state index in [0.717, 1.165) is 18.8 Å². The predicted octanol–water partition coefficient (Wildman–Crippen LogP) is 1.38. The Bertz CT molecular complexity index is 870. The first-order valence-electron chi connectivity index (χ1n) is 10.8. The number of hydrogen-bond donors (Lipinski definition) is 1. The van der Waals surface area contributed by atoms with Crippen molar-refractivity contribution in [3.8, 4) is 11.5 Å². The molecular weight excluding hydrogens is 422 g/mol. The van der Waals surface area contributed by atoms with E-state index in [2.05, 4.69) is 10.2 Å². The van der Waals surface area contributed by atoms with Crippen LogP contribution in [0.15, 0.2) is 12.1 Å². The van der Waals surface area contributed by atoms with Crippen LogP contribution in [0.5, 0.6) is 11.5 Å². The van der Waals surface area contributed by atoms with Gasteiger partial charge in [0.1, 0.15) is 11.5 Å². The van der Waals surface area contributed by atoms with Crippen LogP contribution in [0.1, 0.15) is 20.3 Å². The first kappa shape index (κ1) is 23.6. The molecule has 3 rings (SSSR count). The first-order chi connectivity index (χ1) is 14.8. The van der Waals surface area contributed by atoms with Crippen LogP contribution in [0.25, 0.3) is 0 Å². The summed E-state index contributed by atoms with van der Waals surface area (Å²) in [6.07, 6.45) is 0.555. The Morgan fingerprint density at radius 1 is 1.19 bits per heavy atom. The lowest BCUT2D eigenvalue weighted by molar-refractivity contribution is -0.117. The van der Waals surface area contributed by atoms with Crippen LogP contribution < -0.4 is 19.7 Å². The van der Waals surface area contributed by atoms with Gasteiger partial charge < -0.3 is 24.4 Å². The zero-order valence-corrected chi connectivity index (χ0v) is 19.4. The second-order valence-electron chi connectivity index (χ2n) is 7.80. The average molecular weight is 456 g/mol. The van der Waals surface area contributed by atoms with Gasteiger partial charge in [-0.1, -0.05) is 0 Å². The fraction of sp³-hybridized carbons (Fsp3) is 0.667. The molecule has 1 N–H and O–H groups in total. The third-order valence-corrected chi connectivity index (χ3v) is 7.26. The van der Waals surface area contributed by atoms with E-state index in [1.807, 2.05) is 19.9 Å². The third-order valence-electron chi connectivity index (χ3n) is 5.51. The van der Waals surface area contributed by atoms with Crippen molar-refractivity contribution in [1.82, 2.24) is 4.90 Å². The number of nitrogens with one attached hydrogen (secondary N) is 1. The average Bonchev–Trinajstić information content (AvgIpc) is 3.10. The van der Waals surface area contributed by atoms with Gasteiger partial charge in [-0.05, 0) is 27.3 Å². The number of sulfone groups is 1. The Balaban J connectivity index is 1.76. The van der Waals surface area contributed by atoms with Gasteiger partial charge in [0.05, 0.1) is 55.9 Å². The number of benzene rings is 1. The molecule has 1 aromatic rings. The lowest BCUT2D eigenvalue weighted by Crippen LogP contribution is -2.38. The van der Waals surface area contributed by atoms with E-state index in [9.17, 15) is 13.2 Å².